The SMILES string of the molecule is Cc1ccc2c(c1)[C@@H]1C=CC[C@@H]1[C@@H](c1ccc(N=Cc3c(OCc4ccc(F)cc4)ccc4ccccc34)cc1)N2. The van der Waals surface area contributed by atoms with E-state index in [2.05, 4.69) is 85.1 Å². The van der Waals surface area contributed by atoms with Gasteiger partial charge in [0.25, 0.3) is 0 Å². The highest BCUT2D eigenvalue weighted by Gasteiger charge is 2.37. The molecule has 0 radical (unpaired) electrons. The molecule has 41 heavy (non-hydrogen) atoms. The van der Waals surface area contributed by atoms with Crippen LogP contribution in [0.15, 0.2) is 120 Å². The van der Waals surface area contributed by atoms with E-state index in [1.54, 1.807) is 12.1 Å². The quantitative estimate of drug-likeness (QED) is 0.173. The zero-order chi connectivity index (χ0) is 27.8. The van der Waals surface area contributed by atoms with Crippen LogP contribution in [-0.4, -0.2) is 6.21 Å². The van der Waals surface area contributed by atoms with Gasteiger partial charge >= 0.3 is 0 Å². The monoisotopic (exact) mass is 538 g/mol. The van der Waals surface area contributed by atoms with Crippen LogP contribution in [0.3, 0.4) is 0 Å². The van der Waals surface area contributed by atoms with E-state index < -0.39 is 0 Å². The van der Waals surface area contributed by atoms with Gasteiger partial charge in [0.05, 0.1) is 11.7 Å². The summed E-state index contributed by atoms with van der Waals surface area (Å²) < 4.78 is 19.6. The van der Waals surface area contributed by atoms with Crippen molar-refractivity contribution in [3.8, 4) is 5.75 Å². The van der Waals surface area contributed by atoms with Crippen molar-refractivity contribution in [3.63, 3.8) is 0 Å². The molecule has 0 unspecified atom stereocenters. The van der Waals surface area contributed by atoms with Gasteiger partial charge in [-0.05, 0) is 83.1 Å². The summed E-state index contributed by atoms with van der Waals surface area (Å²) in [6.07, 6.45) is 7.69. The molecule has 7 rings (SSSR count). The van der Waals surface area contributed by atoms with E-state index in [1.165, 1.54) is 34.5 Å². The number of halogens is 1. The Balaban J connectivity index is 1.15. The van der Waals surface area contributed by atoms with E-state index in [4.69, 9.17) is 9.73 Å². The van der Waals surface area contributed by atoms with Crippen LogP contribution in [0, 0.1) is 18.7 Å². The number of aliphatic imine (C=N–C) groups is 1. The maximum absolute atomic E-state index is 13.3. The highest BCUT2D eigenvalue weighted by atomic mass is 19.1. The van der Waals surface area contributed by atoms with Gasteiger partial charge < -0.3 is 10.1 Å². The molecule has 0 bridgehead atoms. The zero-order valence-corrected chi connectivity index (χ0v) is 22.9. The number of fused-ring (bicyclic) bond motifs is 4. The molecular weight excluding hydrogens is 507 g/mol. The van der Waals surface area contributed by atoms with E-state index in [0.717, 1.165) is 39.8 Å². The zero-order valence-electron chi connectivity index (χ0n) is 22.9. The molecular formula is C37H31FN2O. The molecule has 3 atom stereocenters. The highest BCUT2D eigenvalue weighted by Crippen LogP contribution is 2.50. The average molecular weight is 539 g/mol. The Morgan fingerprint density at radius 1 is 0.927 bits per heavy atom. The lowest BCUT2D eigenvalue weighted by Gasteiger charge is -2.37. The third-order valence-corrected chi connectivity index (χ3v) is 8.35. The van der Waals surface area contributed by atoms with Gasteiger partial charge in [0, 0.05) is 23.4 Å². The maximum Gasteiger partial charge on any atom is 0.129 e. The molecule has 0 aromatic heterocycles. The Labute approximate surface area is 240 Å². The molecule has 0 saturated heterocycles. The van der Waals surface area contributed by atoms with Crippen LogP contribution in [0.25, 0.3) is 10.8 Å². The van der Waals surface area contributed by atoms with Crippen molar-refractivity contribution in [1.29, 1.82) is 0 Å². The fourth-order valence-electron chi connectivity index (χ4n) is 6.23. The number of aryl methyl sites for hydroxylation is 1. The van der Waals surface area contributed by atoms with Crippen molar-refractivity contribution in [2.45, 2.75) is 31.9 Å². The number of rotatable bonds is 6. The van der Waals surface area contributed by atoms with Crippen molar-refractivity contribution in [3.05, 3.63) is 149 Å². The number of benzene rings is 5. The molecule has 5 aromatic rings. The first-order valence-corrected chi connectivity index (χ1v) is 14.2. The van der Waals surface area contributed by atoms with Crippen LogP contribution in [-0.2, 0) is 6.61 Å². The van der Waals surface area contributed by atoms with Crippen LogP contribution in [0.4, 0.5) is 15.8 Å². The largest absolute Gasteiger partial charge is 0.488 e. The highest BCUT2D eigenvalue weighted by molar-refractivity contribution is 6.03. The average Bonchev–Trinajstić information content (AvgIpc) is 3.50. The number of allylic oxidation sites excluding steroid dienone is 2. The van der Waals surface area contributed by atoms with Crippen molar-refractivity contribution >= 4 is 28.4 Å². The summed E-state index contributed by atoms with van der Waals surface area (Å²) in [6, 6.07) is 34.3. The van der Waals surface area contributed by atoms with Gasteiger partial charge in [-0.25, -0.2) is 4.39 Å². The molecule has 2 aliphatic rings. The number of nitrogens with zero attached hydrogens (tertiary/aromatic N) is 1. The molecule has 1 N–H and O–H groups in total. The number of hydrogen-bond donors (Lipinski definition) is 1. The van der Waals surface area contributed by atoms with Gasteiger partial charge in [-0.3, -0.25) is 4.99 Å². The summed E-state index contributed by atoms with van der Waals surface area (Å²) in [5.41, 5.74) is 7.96. The standard InChI is InChI=1S/C37H31FN2O/c1-24-9-19-35-33(21-24)31-7-4-8-32(31)37(40-35)27-12-17-29(18-13-27)39-22-34-30-6-3-2-5-26(30)14-20-36(34)41-23-25-10-15-28(38)16-11-25/h2-7,9-22,31-32,37,40H,8,23H2,1H3/t31-,32+,37-/m1/s1. The van der Waals surface area contributed by atoms with Gasteiger partial charge in [0.1, 0.15) is 18.2 Å². The van der Waals surface area contributed by atoms with Gasteiger partial charge in [0.15, 0.2) is 0 Å². The summed E-state index contributed by atoms with van der Waals surface area (Å²) in [5, 5.41) is 6.03. The van der Waals surface area contributed by atoms with E-state index >= 15 is 0 Å². The minimum Gasteiger partial charge on any atom is -0.488 e. The predicted octanol–water partition coefficient (Wildman–Crippen LogP) is 9.44. The van der Waals surface area contributed by atoms with Crippen molar-refractivity contribution < 1.29 is 9.13 Å². The van der Waals surface area contributed by atoms with E-state index in [0.29, 0.717) is 18.4 Å². The van der Waals surface area contributed by atoms with Crippen molar-refractivity contribution in [1.82, 2.24) is 0 Å². The number of anilines is 1. The molecule has 0 fully saturated rings. The molecule has 0 amide bonds. The normalized spacial score (nSPS) is 19.2. The Morgan fingerprint density at radius 2 is 1.76 bits per heavy atom. The van der Waals surface area contributed by atoms with E-state index in [-0.39, 0.29) is 11.9 Å². The molecule has 5 aromatic carbocycles. The van der Waals surface area contributed by atoms with Crippen molar-refractivity contribution in [2.24, 2.45) is 10.9 Å². The summed E-state index contributed by atoms with van der Waals surface area (Å²) in [4.78, 5) is 4.86. The third kappa shape index (κ3) is 5.02. The predicted molar refractivity (Wildman–Crippen MR) is 166 cm³/mol. The lowest BCUT2D eigenvalue weighted by atomic mass is 9.76. The van der Waals surface area contributed by atoms with Crippen LogP contribution < -0.4 is 10.1 Å². The third-order valence-electron chi connectivity index (χ3n) is 8.35. The van der Waals surface area contributed by atoms with Gasteiger partial charge in [-0.2, -0.15) is 0 Å². The first-order chi connectivity index (χ1) is 20.1. The Morgan fingerprint density at radius 3 is 2.61 bits per heavy atom. The second-order valence-corrected chi connectivity index (χ2v) is 11.0. The van der Waals surface area contributed by atoms with E-state index in [1.807, 2.05) is 24.4 Å². The first-order valence-electron chi connectivity index (χ1n) is 14.2. The summed E-state index contributed by atoms with van der Waals surface area (Å²) >= 11 is 0. The minimum atomic E-state index is -0.253. The fraction of sp³-hybridized carbons (Fsp3) is 0.162. The van der Waals surface area contributed by atoms with Gasteiger partial charge in [-0.1, -0.05) is 84.4 Å². The summed E-state index contributed by atoms with van der Waals surface area (Å²) in [6.45, 7) is 2.51. The number of hydrogen-bond acceptors (Lipinski definition) is 3. The maximum atomic E-state index is 13.3. The van der Waals surface area contributed by atoms with Crippen LogP contribution in [0.2, 0.25) is 0 Å². The summed E-state index contributed by atoms with van der Waals surface area (Å²) in [5.74, 6) is 1.45. The molecule has 4 heteroatoms. The van der Waals surface area contributed by atoms with Crippen LogP contribution in [0.5, 0.6) is 5.75 Å². The lowest BCUT2D eigenvalue weighted by Crippen LogP contribution is -2.29. The Kier molecular flexibility index (Phi) is 6.60. The van der Waals surface area contributed by atoms with Crippen molar-refractivity contribution in [2.75, 3.05) is 5.32 Å². The van der Waals surface area contributed by atoms with Gasteiger partial charge in [0.2, 0.25) is 0 Å². The topological polar surface area (TPSA) is 33.6 Å². The molecule has 0 saturated carbocycles. The lowest BCUT2D eigenvalue weighted by molar-refractivity contribution is 0.306. The first kappa shape index (κ1) is 25.3. The summed E-state index contributed by atoms with van der Waals surface area (Å²) in [7, 11) is 0. The van der Waals surface area contributed by atoms with E-state index in [9.17, 15) is 4.39 Å². The Hall–Kier alpha value is -4.70. The molecule has 3 nitrogen and oxygen atoms in total. The second-order valence-electron chi connectivity index (χ2n) is 11.0. The minimum absolute atomic E-state index is 0.253. The molecule has 0 spiro atoms. The molecule has 202 valence electrons. The molecule has 1 aliphatic carbocycles. The molecule has 1 aliphatic heterocycles. The molecule has 1 heterocycles. The smallest absolute Gasteiger partial charge is 0.129 e. The number of ether oxygens (including phenoxy) is 1. The number of nitrogens with one attached hydrogen (secondary N) is 1. The second kappa shape index (κ2) is 10.7. The Bertz CT molecular complexity index is 1770. The van der Waals surface area contributed by atoms with Crippen LogP contribution >= 0.6 is 0 Å². The van der Waals surface area contributed by atoms with Gasteiger partial charge in [-0.15, -0.1) is 0 Å². The fourth-order valence-corrected chi connectivity index (χ4v) is 6.23. The van der Waals surface area contributed by atoms with Crippen LogP contribution in [0.1, 0.15) is 46.2 Å².